The van der Waals surface area contributed by atoms with Crippen LogP contribution in [0.15, 0.2) is 48.5 Å². The first kappa shape index (κ1) is 20.8. The Kier molecular flexibility index (Phi) is 6.97. The van der Waals surface area contributed by atoms with Crippen LogP contribution >= 0.6 is 0 Å². The first-order valence-corrected chi connectivity index (χ1v) is 10.8. The van der Waals surface area contributed by atoms with Gasteiger partial charge in [0.25, 0.3) is 0 Å². The van der Waals surface area contributed by atoms with E-state index in [9.17, 15) is 0 Å². The maximum absolute atomic E-state index is 6.07. The fourth-order valence-electron chi connectivity index (χ4n) is 3.96. The third kappa shape index (κ3) is 6.03. The third-order valence-electron chi connectivity index (χ3n) is 5.53. The Bertz CT molecular complexity index is 748. The molecule has 0 N–H and O–H groups in total. The van der Waals surface area contributed by atoms with Crippen molar-refractivity contribution in [1.82, 2.24) is 9.80 Å². The Morgan fingerprint density at radius 3 is 1.53 bits per heavy atom. The Hall–Kier alpha value is -2.44. The number of ether oxygens (including phenoxy) is 4. The molecule has 2 aliphatic rings. The lowest BCUT2D eigenvalue weighted by Gasteiger charge is -2.15. The minimum atomic E-state index is 0.257. The van der Waals surface area contributed by atoms with Gasteiger partial charge in [-0.25, -0.2) is 0 Å². The average molecular weight is 413 g/mol. The maximum atomic E-state index is 6.07. The quantitative estimate of drug-likeness (QED) is 0.589. The summed E-state index contributed by atoms with van der Waals surface area (Å²) in [4.78, 5) is 4.57. The topological polar surface area (TPSA) is 43.4 Å². The van der Waals surface area contributed by atoms with Crippen LogP contribution in [0.1, 0.15) is 12.8 Å². The third-order valence-corrected chi connectivity index (χ3v) is 5.53. The number of benzene rings is 2. The molecule has 0 radical (unpaired) electrons. The molecule has 6 nitrogen and oxygen atoms in total. The highest BCUT2D eigenvalue weighted by atomic mass is 16.5. The number of nitrogens with zero attached hydrogens (tertiary/aromatic N) is 2. The summed E-state index contributed by atoms with van der Waals surface area (Å²) in [5.74, 6) is 3.31. The van der Waals surface area contributed by atoms with Crippen LogP contribution in [0.4, 0.5) is 0 Å². The van der Waals surface area contributed by atoms with Gasteiger partial charge in [0.15, 0.2) is 0 Å². The molecule has 2 unspecified atom stereocenters. The first-order valence-electron chi connectivity index (χ1n) is 10.8. The summed E-state index contributed by atoms with van der Waals surface area (Å²) >= 11 is 0. The molecule has 162 valence electrons. The van der Waals surface area contributed by atoms with E-state index in [4.69, 9.17) is 18.9 Å². The fourth-order valence-corrected chi connectivity index (χ4v) is 3.96. The molecule has 2 fully saturated rings. The van der Waals surface area contributed by atoms with Gasteiger partial charge in [-0.2, -0.15) is 0 Å². The fraction of sp³-hybridized carbons (Fsp3) is 0.500. The monoisotopic (exact) mass is 412 g/mol. The lowest BCUT2D eigenvalue weighted by atomic mass is 10.3. The second kappa shape index (κ2) is 10.0. The molecule has 0 bridgehead atoms. The van der Waals surface area contributed by atoms with E-state index < -0.39 is 0 Å². The first-order chi connectivity index (χ1) is 14.6. The highest BCUT2D eigenvalue weighted by Crippen LogP contribution is 2.24. The van der Waals surface area contributed by atoms with Crippen molar-refractivity contribution in [2.45, 2.75) is 25.0 Å². The molecule has 4 rings (SSSR count). The Morgan fingerprint density at radius 1 is 0.700 bits per heavy atom. The molecule has 2 atom stereocenters. The molecule has 0 aliphatic carbocycles. The molecule has 0 aromatic heterocycles. The number of hydrogen-bond donors (Lipinski definition) is 0. The van der Waals surface area contributed by atoms with Gasteiger partial charge in [0, 0.05) is 38.3 Å². The van der Waals surface area contributed by atoms with Crippen molar-refractivity contribution in [2.24, 2.45) is 0 Å². The maximum Gasteiger partial charge on any atom is 0.123 e. The number of likely N-dealkylation sites (tertiary alicyclic amines) is 2. The summed E-state index contributed by atoms with van der Waals surface area (Å²) in [6, 6.07) is 15.7. The van der Waals surface area contributed by atoms with E-state index in [1.54, 1.807) is 0 Å². The van der Waals surface area contributed by atoms with Gasteiger partial charge in [0.05, 0.1) is 0 Å². The number of hydrogen-bond acceptors (Lipinski definition) is 6. The molecular formula is C24H32N2O4. The van der Waals surface area contributed by atoms with Gasteiger partial charge in [-0.3, -0.25) is 0 Å². The van der Waals surface area contributed by atoms with Crippen LogP contribution in [-0.2, 0) is 0 Å². The Labute approximate surface area is 179 Å². The van der Waals surface area contributed by atoms with Crippen LogP contribution in [0.5, 0.6) is 23.0 Å². The lowest BCUT2D eigenvalue weighted by molar-refractivity contribution is 0.199. The van der Waals surface area contributed by atoms with E-state index in [2.05, 4.69) is 23.9 Å². The predicted octanol–water partition coefficient (Wildman–Crippen LogP) is 3.31. The molecule has 6 heteroatoms. The lowest BCUT2D eigenvalue weighted by Crippen LogP contribution is -2.21. The highest BCUT2D eigenvalue weighted by molar-refractivity contribution is 5.34. The van der Waals surface area contributed by atoms with E-state index in [0.29, 0.717) is 13.2 Å². The Morgan fingerprint density at radius 2 is 1.13 bits per heavy atom. The van der Waals surface area contributed by atoms with Crippen molar-refractivity contribution < 1.29 is 18.9 Å². The number of likely N-dealkylation sites (N-methyl/N-ethyl adjacent to an activating group) is 2. The van der Waals surface area contributed by atoms with E-state index in [0.717, 1.165) is 62.0 Å². The van der Waals surface area contributed by atoms with Crippen LogP contribution in [0.25, 0.3) is 0 Å². The predicted molar refractivity (Wildman–Crippen MR) is 117 cm³/mol. The van der Waals surface area contributed by atoms with Gasteiger partial charge in [-0.1, -0.05) is 12.1 Å². The van der Waals surface area contributed by atoms with Gasteiger partial charge in [0.2, 0.25) is 0 Å². The molecule has 30 heavy (non-hydrogen) atoms. The van der Waals surface area contributed by atoms with Crippen LogP contribution in [0.3, 0.4) is 0 Å². The summed E-state index contributed by atoms with van der Waals surface area (Å²) in [5.41, 5.74) is 0. The van der Waals surface area contributed by atoms with Crippen LogP contribution in [0.2, 0.25) is 0 Å². The zero-order valence-corrected chi connectivity index (χ0v) is 18.0. The molecule has 2 heterocycles. The van der Waals surface area contributed by atoms with Gasteiger partial charge in [0.1, 0.15) is 48.4 Å². The van der Waals surface area contributed by atoms with Crippen LogP contribution in [-0.4, -0.2) is 75.5 Å². The smallest absolute Gasteiger partial charge is 0.123 e. The molecule has 0 spiro atoms. The SMILES string of the molecule is CN1CCC(Oc2cccc(OCCOc3cccc(OC4CCN(C)C4)c3)c2)C1. The summed E-state index contributed by atoms with van der Waals surface area (Å²) in [7, 11) is 4.25. The molecule has 2 aliphatic heterocycles. The zero-order chi connectivity index (χ0) is 20.8. The molecule has 0 amide bonds. The Balaban J connectivity index is 1.20. The molecule has 2 aromatic rings. The summed E-state index contributed by atoms with van der Waals surface area (Å²) in [6.07, 6.45) is 2.64. The van der Waals surface area contributed by atoms with E-state index in [-0.39, 0.29) is 12.2 Å². The second-order valence-corrected chi connectivity index (χ2v) is 8.23. The van der Waals surface area contributed by atoms with Crippen molar-refractivity contribution in [1.29, 1.82) is 0 Å². The van der Waals surface area contributed by atoms with Gasteiger partial charge < -0.3 is 28.7 Å². The standard InChI is InChI=1S/C24H32N2O4/c1-25-11-9-23(17-25)29-21-7-3-5-19(15-21)27-13-14-28-20-6-4-8-22(16-20)30-24-10-12-26(2)18-24/h3-8,15-16,23-24H,9-14,17-18H2,1-2H3. The van der Waals surface area contributed by atoms with Gasteiger partial charge >= 0.3 is 0 Å². The van der Waals surface area contributed by atoms with Gasteiger partial charge in [-0.15, -0.1) is 0 Å². The average Bonchev–Trinajstić information content (AvgIpc) is 3.33. The minimum absolute atomic E-state index is 0.257. The van der Waals surface area contributed by atoms with Crippen LogP contribution in [0, 0.1) is 0 Å². The summed E-state index contributed by atoms with van der Waals surface area (Å²) < 4.78 is 23.8. The van der Waals surface area contributed by atoms with Crippen molar-refractivity contribution in [3.05, 3.63) is 48.5 Å². The zero-order valence-electron chi connectivity index (χ0n) is 18.0. The second-order valence-electron chi connectivity index (χ2n) is 8.23. The molecule has 2 saturated heterocycles. The van der Waals surface area contributed by atoms with Crippen molar-refractivity contribution in [2.75, 3.05) is 53.5 Å². The summed E-state index contributed by atoms with van der Waals surface area (Å²) in [6.45, 7) is 5.05. The number of rotatable bonds is 9. The van der Waals surface area contributed by atoms with E-state index in [1.807, 2.05) is 48.5 Å². The van der Waals surface area contributed by atoms with Gasteiger partial charge in [-0.05, 0) is 51.2 Å². The minimum Gasteiger partial charge on any atom is -0.490 e. The molecule has 2 aromatic carbocycles. The molecule has 0 saturated carbocycles. The molecular weight excluding hydrogens is 380 g/mol. The largest absolute Gasteiger partial charge is 0.490 e. The summed E-state index contributed by atoms with van der Waals surface area (Å²) in [5, 5.41) is 0. The van der Waals surface area contributed by atoms with Crippen LogP contribution < -0.4 is 18.9 Å². The normalized spacial score (nSPS) is 22.2. The van der Waals surface area contributed by atoms with Crippen molar-refractivity contribution in [3.63, 3.8) is 0 Å². The van der Waals surface area contributed by atoms with E-state index >= 15 is 0 Å². The van der Waals surface area contributed by atoms with Crippen molar-refractivity contribution in [3.8, 4) is 23.0 Å². The van der Waals surface area contributed by atoms with Crippen molar-refractivity contribution >= 4 is 0 Å². The highest BCUT2D eigenvalue weighted by Gasteiger charge is 2.21. The van der Waals surface area contributed by atoms with E-state index in [1.165, 1.54) is 0 Å².